The summed E-state index contributed by atoms with van der Waals surface area (Å²) in [6.07, 6.45) is 0. The van der Waals surface area contributed by atoms with Gasteiger partial charge in [0.2, 0.25) is 0 Å². The molecule has 20 heteroatoms. The summed E-state index contributed by atoms with van der Waals surface area (Å²) in [5.74, 6) is 0. The summed E-state index contributed by atoms with van der Waals surface area (Å²) in [5.41, 5.74) is 0. The first-order valence-corrected chi connectivity index (χ1v) is 26.1. The first-order valence-electron chi connectivity index (χ1n) is 8.71. The molecule has 0 aromatic rings. The lowest BCUT2D eigenvalue weighted by molar-refractivity contribution is 0.0138. The van der Waals surface area contributed by atoms with Gasteiger partial charge in [-0.1, -0.05) is 0 Å². The summed E-state index contributed by atoms with van der Waals surface area (Å²) < 4.78 is 68.4. The van der Waals surface area contributed by atoms with E-state index in [1.54, 1.807) is 45.8 Å². The van der Waals surface area contributed by atoms with Gasteiger partial charge in [0.25, 0.3) is 0 Å². The summed E-state index contributed by atoms with van der Waals surface area (Å²) in [6, 6.07) is 0. The molecule has 1 N–H and O–H groups in total. The van der Waals surface area contributed by atoms with E-state index in [2.05, 4.69) is 0 Å². The van der Waals surface area contributed by atoms with Gasteiger partial charge in [0.15, 0.2) is 0 Å². The van der Waals surface area contributed by atoms with Gasteiger partial charge in [-0.3, -0.25) is 0 Å². The highest BCUT2D eigenvalue weighted by Gasteiger charge is 2.73. The molecule has 4 aliphatic heterocycles. The van der Waals surface area contributed by atoms with Crippen LogP contribution in [0.2, 0.25) is 52.4 Å². The summed E-state index contributed by atoms with van der Waals surface area (Å²) >= 11 is 0. The summed E-state index contributed by atoms with van der Waals surface area (Å²) in [5, 5.41) is 0. The average Bonchev–Trinajstić information content (AvgIpc) is 2.24. The van der Waals surface area contributed by atoms with Gasteiger partial charge in [-0.05, 0) is 6.55 Å². The molecule has 28 heavy (non-hydrogen) atoms. The highest BCUT2D eigenvalue weighted by atomic mass is 28.6. The number of hydrogen-bond acceptors (Lipinski definition) is 12. The molecule has 6 bridgehead atoms. The van der Waals surface area contributed by atoms with Gasteiger partial charge in [-0.25, -0.2) is 0 Å². The minimum absolute atomic E-state index is 1.46. The zero-order valence-electron chi connectivity index (χ0n) is 16.9. The van der Waals surface area contributed by atoms with Gasteiger partial charge in [0.1, 0.15) is 0 Å². The van der Waals surface area contributed by atoms with Crippen LogP contribution >= 0.6 is 0 Å². The third-order valence-electron chi connectivity index (χ3n) is 4.00. The molecule has 4 rings (SSSR count). The number of hydrogen-bond donors (Lipinski definition) is 1. The van der Waals surface area contributed by atoms with Crippen molar-refractivity contribution in [2.24, 2.45) is 0 Å². The molecule has 0 saturated carbocycles. The van der Waals surface area contributed by atoms with E-state index in [1.807, 2.05) is 0 Å². The molecule has 0 amide bonds. The zero-order valence-corrected chi connectivity index (χ0v) is 24.9. The van der Waals surface area contributed by atoms with Crippen molar-refractivity contribution >= 4 is 70.9 Å². The van der Waals surface area contributed by atoms with E-state index in [0.717, 1.165) is 0 Å². The van der Waals surface area contributed by atoms with Crippen LogP contribution < -0.4 is 0 Å². The number of rotatable bonds is 0. The lowest BCUT2D eigenvalue weighted by Crippen LogP contribution is -2.81. The van der Waals surface area contributed by atoms with E-state index in [9.17, 15) is 4.80 Å². The first kappa shape index (κ1) is 22.4. The van der Waals surface area contributed by atoms with Gasteiger partial charge in [0, 0.05) is 45.8 Å². The van der Waals surface area contributed by atoms with E-state index >= 15 is 0 Å². The Morgan fingerprint density at radius 2 is 0.714 bits per heavy atom. The molecule has 0 aliphatic carbocycles. The lowest BCUT2D eigenvalue weighted by atomic mass is 11.9. The van der Waals surface area contributed by atoms with Crippen LogP contribution in [0.4, 0.5) is 0 Å². The molecule has 161 valence electrons. The van der Waals surface area contributed by atoms with Crippen LogP contribution in [0.15, 0.2) is 0 Å². The van der Waals surface area contributed by atoms with Crippen molar-refractivity contribution < 1.29 is 50.1 Å². The van der Waals surface area contributed by atoms with Crippen molar-refractivity contribution in [1.82, 2.24) is 0 Å². The third-order valence-corrected chi connectivity index (χ3v) is 36.0. The quantitative estimate of drug-likeness (QED) is 0.428. The van der Waals surface area contributed by atoms with Crippen molar-refractivity contribution in [3.8, 4) is 0 Å². The Morgan fingerprint density at radius 1 is 0.464 bits per heavy atom. The second kappa shape index (κ2) is 6.40. The van der Waals surface area contributed by atoms with Crippen molar-refractivity contribution in [2.45, 2.75) is 52.4 Å². The molecule has 0 spiro atoms. The highest BCUT2D eigenvalue weighted by molar-refractivity contribution is 6.98. The molecule has 4 saturated heterocycles. The van der Waals surface area contributed by atoms with Crippen LogP contribution in [0, 0.1) is 0 Å². The Balaban J connectivity index is 1.93. The summed E-state index contributed by atoms with van der Waals surface area (Å²) in [4.78, 5) is 10.9. The fourth-order valence-electron chi connectivity index (χ4n) is 3.98. The molecule has 7 atom stereocenters. The van der Waals surface area contributed by atoms with Crippen molar-refractivity contribution in [2.75, 3.05) is 0 Å². The molecule has 12 nitrogen and oxygen atoms in total. The van der Waals surface area contributed by atoms with E-state index in [-0.39, 0.29) is 0 Å². The Kier molecular flexibility index (Phi) is 5.13. The summed E-state index contributed by atoms with van der Waals surface area (Å²) in [7, 11) is -26.4. The monoisotopic (exact) mass is 537 g/mol. The maximum atomic E-state index is 10.9. The smallest absolute Gasteiger partial charge is 0.394 e. The molecule has 4 heterocycles. The average molecular weight is 538 g/mol. The minimum Gasteiger partial charge on any atom is -0.394 e. The Labute approximate surface area is 173 Å². The van der Waals surface area contributed by atoms with Crippen molar-refractivity contribution in [3.05, 3.63) is 0 Å². The number of fused-ring (bicyclic) bond motifs is 4. The normalized spacial score (nSPS) is 60.3. The predicted octanol–water partition coefficient (Wildman–Crippen LogP) is 0.315. The van der Waals surface area contributed by atoms with Crippen LogP contribution in [0.5, 0.6) is 0 Å². The van der Waals surface area contributed by atoms with Crippen molar-refractivity contribution in [3.63, 3.8) is 0 Å². The maximum Gasteiger partial charge on any atom is 0.480 e. The highest BCUT2D eigenvalue weighted by Crippen LogP contribution is 2.43. The molecule has 0 aromatic heterocycles. The van der Waals surface area contributed by atoms with Crippen LogP contribution in [-0.4, -0.2) is 75.7 Å². The van der Waals surface area contributed by atoms with E-state index in [4.69, 9.17) is 45.3 Å². The molecule has 6 unspecified atom stereocenters. The van der Waals surface area contributed by atoms with Crippen LogP contribution in [0.1, 0.15) is 0 Å². The van der Waals surface area contributed by atoms with Gasteiger partial charge < -0.3 is 50.1 Å². The van der Waals surface area contributed by atoms with E-state index in [1.165, 1.54) is 6.55 Å². The molecule has 4 fully saturated rings. The molecule has 1 radical (unpaired) electrons. The Bertz CT molecular complexity index is 617. The van der Waals surface area contributed by atoms with Crippen LogP contribution in [-0.2, 0) is 45.3 Å². The molecule has 4 aliphatic rings. The maximum absolute atomic E-state index is 10.9. The molecule has 0 aromatic carbocycles. The minimum atomic E-state index is -3.77. The Morgan fingerprint density at radius 3 is 1.04 bits per heavy atom. The summed E-state index contributed by atoms with van der Waals surface area (Å²) in [6.45, 7) is 13.4. The van der Waals surface area contributed by atoms with Gasteiger partial charge in [-0.2, -0.15) is 0 Å². The largest absolute Gasteiger partial charge is 0.480 e. The van der Waals surface area contributed by atoms with Gasteiger partial charge in [-0.15, -0.1) is 0 Å². The first-order chi connectivity index (χ1) is 12.5. The molecular weight excluding hydrogens is 513 g/mol. The van der Waals surface area contributed by atoms with Crippen molar-refractivity contribution in [1.29, 1.82) is 0 Å². The third kappa shape index (κ3) is 4.41. The van der Waals surface area contributed by atoms with Gasteiger partial charge in [0.05, 0.1) is 0 Å². The second-order valence-electron chi connectivity index (χ2n) is 7.69. The van der Waals surface area contributed by atoms with Crippen LogP contribution in [0.25, 0.3) is 0 Å². The fraction of sp³-hybridized carbons (Fsp3) is 1.00. The standard InChI is InChI=1S/C8H25O12Si8/c1-21-10-23(3)14-25(5)12-22(2,9)13-26(6)15-24(4,11-21)17-27(7,16-23)20-28(8,18-25)19-26/h9H,1-8H3/t22?,23?,24?,25-,26?,27?,28?/m0/s1. The topological polar surface area (TPSA) is 122 Å². The Hall–Kier alpha value is 1.26. The van der Waals surface area contributed by atoms with E-state index < -0.39 is 70.9 Å². The fourth-order valence-corrected chi connectivity index (χ4v) is 43.4. The van der Waals surface area contributed by atoms with E-state index in [0.29, 0.717) is 0 Å². The molecular formula is C8H25O12Si8. The zero-order chi connectivity index (χ0) is 20.9. The SMILES string of the molecule is C[Si]1O[Si]2(C)O[Si]3(C)O[Si](C)(O)O[Si@@]4(C)O[Si](C)(O1)O[Si](C)(O2)O[Si](C)(O3)O4. The van der Waals surface area contributed by atoms with Gasteiger partial charge >= 0.3 is 70.9 Å². The predicted molar refractivity (Wildman–Crippen MR) is 107 cm³/mol. The lowest BCUT2D eigenvalue weighted by Gasteiger charge is -2.56. The van der Waals surface area contributed by atoms with Crippen LogP contribution in [0.3, 0.4) is 0 Å². The second-order valence-corrected chi connectivity index (χ2v) is 29.8.